The van der Waals surface area contributed by atoms with Crippen molar-refractivity contribution in [2.24, 2.45) is 17.2 Å². The fourth-order valence-electron chi connectivity index (χ4n) is 8.21. The molecule has 0 bridgehead atoms. The fraction of sp³-hybridized carbons (Fsp3) is 0.640. The number of hydrogen-bond acceptors (Lipinski definition) is 16. The van der Waals surface area contributed by atoms with Gasteiger partial charge in [0.2, 0.25) is 0 Å². The SMILES string of the molecule is C.C.CC(C)c1cc2c(Cl)ncnc2s1.CC(C)c1cc2c(NC3CCC(N(C)C)CC3)ncnc2s1.CC(C)c1cc2c(NC3CCC(N)CC3)ncnc2s1.CO.NC1CCC(N)CC1. The molecule has 0 aromatic carbocycles. The minimum Gasteiger partial charge on any atom is -0.400 e. The second-order valence-corrected chi connectivity index (χ2v) is 22.3. The summed E-state index contributed by atoms with van der Waals surface area (Å²) in [5.41, 5.74) is 17.2. The molecule has 3 fully saturated rings. The summed E-state index contributed by atoms with van der Waals surface area (Å²) < 4.78 is 0. The Morgan fingerprint density at radius 3 is 1.18 bits per heavy atom. The quantitative estimate of drug-likeness (QED) is 0.0787. The average molecular weight is 1000 g/mol. The van der Waals surface area contributed by atoms with Crippen LogP contribution in [0.1, 0.15) is 166 Å². The maximum atomic E-state index is 7.00. The lowest BCUT2D eigenvalue weighted by molar-refractivity contribution is 0.221. The molecule has 0 saturated heterocycles. The van der Waals surface area contributed by atoms with E-state index in [2.05, 4.69) is 119 Å². The van der Waals surface area contributed by atoms with E-state index >= 15 is 0 Å². The van der Waals surface area contributed by atoms with Crippen LogP contribution in [0.15, 0.2) is 37.2 Å². The summed E-state index contributed by atoms with van der Waals surface area (Å²) in [6, 6.07) is 9.61. The summed E-state index contributed by atoms with van der Waals surface area (Å²) in [4.78, 5) is 35.5. The summed E-state index contributed by atoms with van der Waals surface area (Å²) >= 11 is 11.2. The molecule has 6 heterocycles. The molecule has 9 rings (SSSR count). The highest BCUT2D eigenvalue weighted by Crippen LogP contribution is 2.36. The topological polar surface area (TPSA) is 203 Å². The number of aromatic nitrogens is 6. The van der Waals surface area contributed by atoms with E-state index in [1.165, 1.54) is 52.0 Å². The van der Waals surface area contributed by atoms with Gasteiger partial charge in [-0.3, -0.25) is 0 Å². The summed E-state index contributed by atoms with van der Waals surface area (Å²) in [5, 5.41) is 18.1. The van der Waals surface area contributed by atoms with E-state index in [9.17, 15) is 0 Å². The molecular weight excluding hydrogens is 916 g/mol. The van der Waals surface area contributed by atoms with Crippen molar-refractivity contribution in [2.45, 2.75) is 187 Å². The minimum absolute atomic E-state index is 0. The Bertz CT molecular complexity index is 2300. The number of hydrogen-bond donors (Lipinski definition) is 6. The van der Waals surface area contributed by atoms with Crippen LogP contribution in [0.5, 0.6) is 0 Å². The lowest BCUT2D eigenvalue weighted by Gasteiger charge is -2.33. The monoisotopic (exact) mass is 999 g/mol. The highest BCUT2D eigenvalue weighted by molar-refractivity contribution is 7.19. The second-order valence-electron chi connectivity index (χ2n) is 18.7. The van der Waals surface area contributed by atoms with Gasteiger partial charge < -0.3 is 37.8 Å². The summed E-state index contributed by atoms with van der Waals surface area (Å²) in [6.45, 7) is 13.2. The van der Waals surface area contributed by atoms with Crippen molar-refractivity contribution in [3.05, 3.63) is 57.0 Å². The molecule has 3 saturated carbocycles. The lowest BCUT2D eigenvalue weighted by atomic mass is 9.90. The van der Waals surface area contributed by atoms with Gasteiger partial charge in [0, 0.05) is 63.4 Å². The number of nitrogens with one attached hydrogen (secondary N) is 2. The van der Waals surface area contributed by atoms with Crippen molar-refractivity contribution in [1.29, 1.82) is 0 Å². The molecule has 3 aliphatic carbocycles. The summed E-state index contributed by atoms with van der Waals surface area (Å²) in [5.74, 6) is 3.60. The Morgan fingerprint density at radius 1 is 0.522 bits per heavy atom. The first-order valence-corrected chi connectivity index (χ1v) is 26.3. The van der Waals surface area contributed by atoms with Crippen LogP contribution in [0.4, 0.5) is 11.6 Å². The van der Waals surface area contributed by atoms with Crippen molar-refractivity contribution in [2.75, 3.05) is 31.8 Å². The van der Waals surface area contributed by atoms with Crippen LogP contribution in [0, 0.1) is 0 Å². The van der Waals surface area contributed by atoms with Crippen LogP contribution in [0.3, 0.4) is 0 Å². The van der Waals surface area contributed by atoms with Gasteiger partial charge in [0.25, 0.3) is 0 Å². The van der Waals surface area contributed by atoms with Crippen molar-refractivity contribution >= 4 is 87.9 Å². The largest absolute Gasteiger partial charge is 0.400 e. The molecule has 13 nitrogen and oxygen atoms in total. The van der Waals surface area contributed by atoms with Gasteiger partial charge in [-0.1, -0.05) is 68.0 Å². The highest BCUT2D eigenvalue weighted by atomic mass is 35.5. The van der Waals surface area contributed by atoms with E-state index in [0.29, 0.717) is 53.1 Å². The van der Waals surface area contributed by atoms with Gasteiger partial charge in [-0.2, -0.15) is 0 Å². The number of nitrogens with two attached hydrogens (primary N) is 3. The first kappa shape index (κ1) is 58.1. The third kappa shape index (κ3) is 17.0. The van der Waals surface area contributed by atoms with E-state index in [4.69, 9.17) is 33.9 Å². The van der Waals surface area contributed by atoms with Crippen LogP contribution < -0.4 is 27.8 Å². The van der Waals surface area contributed by atoms with Crippen molar-refractivity contribution < 1.29 is 5.11 Å². The molecule has 0 amide bonds. The molecule has 374 valence electrons. The standard InChI is InChI=1S/C17H26N4S.C15H22N4S.C9H9ClN2S.C6H14N2.CH4O.2CH4/c1-11(2)15-9-14-16(18-10-19-17(14)22-15)20-12-5-7-13(8-6-12)21(3)4;1-9(2)13-7-12-14(17-8-18-15(12)20-13)19-11-5-3-10(16)4-6-11;1-5(2)7-3-6-8(10)11-4-12-9(6)13-7;7-5-1-2-6(8)4-3-5;1-2;;/h9-13H,5-8H2,1-4H3,(H,18,19,20);7-11H,3-6,16H2,1-2H3,(H,17,18,19);3-5H,1-2H3;5-6H,1-4,7-8H2;2H,1H3;2*1H4. The number of fused-ring (bicyclic) bond motifs is 3. The van der Waals surface area contributed by atoms with E-state index in [1.54, 1.807) is 46.7 Å². The van der Waals surface area contributed by atoms with Crippen LogP contribution in [0.25, 0.3) is 30.6 Å². The molecule has 0 spiro atoms. The first-order chi connectivity index (χ1) is 31.1. The average Bonchev–Trinajstić information content (AvgIpc) is 4.06. The van der Waals surface area contributed by atoms with E-state index in [0.717, 1.165) is 101 Å². The Morgan fingerprint density at radius 2 is 0.836 bits per heavy atom. The molecule has 6 aromatic heterocycles. The Kier molecular flexibility index (Phi) is 24.7. The highest BCUT2D eigenvalue weighted by Gasteiger charge is 2.24. The third-order valence-electron chi connectivity index (χ3n) is 12.4. The van der Waals surface area contributed by atoms with Crippen LogP contribution >= 0.6 is 45.6 Å². The third-order valence-corrected chi connectivity index (χ3v) is 16.7. The van der Waals surface area contributed by atoms with E-state index < -0.39 is 0 Å². The number of aliphatic hydroxyl groups excluding tert-OH is 1. The molecule has 0 radical (unpaired) electrons. The Balaban J connectivity index is 0.000000244. The van der Waals surface area contributed by atoms with E-state index in [-0.39, 0.29) is 14.9 Å². The fourth-order valence-corrected chi connectivity index (χ4v) is 11.5. The number of anilines is 2. The number of nitrogens with zero attached hydrogens (tertiary/aromatic N) is 7. The van der Waals surface area contributed by atoms with Crippen molar-refractivity contribution in [1.82, 2.24) is 34.8 Å². The maximum absolute atomic E-state index is 7.00. The van der Waals surface area contributed by atoms with Gasteiger partial charge in [-0.25, -0.2) is 29.9 Å². The van der Waals surface area contributed by atoms with Gasteiger partial charge in [0.05, 0.1) is 10.8 Å². The zero-order chi connectivity index (χ0) is 47.2. The molecule has 3 aliphatic rings. The normalized spacial score (nSPS) is 21.5. The van der Waals surface area contributed by atoms with E-state index in [1.807, 2.05) is 0 Å². The van der Waals surface area contributed by atoms with Crippen molar-refractivity contribution in [3.8, 4) is 0 Å². The molecule has 0 atom stereocenters. The zero-order valence-electron chi connectivity index (χ0n) is 40.1. The van der Waals surface area contributed by atoms with Crippen molar-refractivity contribution in [3.63, 3.8) is 0 Å². The smallest absolute Gasteiger partial charge is 0.141 e. The lowest BCUT2D eigenvalue weighted by Crippen LogP contribution is -2.36. The molecular formula is C50H83ClN12OS3. The summed E-state index contributed by atoms with van der Waals surface area (Å²) in [6.07, 6.45) is 18.8. The molecule has 6 aromatic rings. The van der Waals surface area contributed by atoms with Gasteiger partial charge in [0.15, 0.2) is 0 Å². The minimum atomic E-state index is 0. The first-order valence-electron chi connectivity index (χ1n) is 23.4. The number of thiophene rings is 3. The van der Waals surface area contributed by atoms with Gasteiger partial charge in [-0.05, 0) is 127 Å². The number of rotatable bonds is 8. The van der Waals surface area contributed by atoms with Crippen LogP contribution in [-0.4, -0.2) is 97.4 Å². The maximum Gasteiger partial charge on any atom is 0.141 e. The zero-order valence-corrected chi connectivity index (χ0v) is 43.3. The Hall–Kier alpha value is -3.19. The number of halogens is 1. The molecule has 0 unspecified atom stereocenters. The molecule has 67 heavy (non-hydrogen) atoms. The van der Waals surface area contributed by atoms with Crippen LogP contribution in [0.2, 0.25) is 5.15 Å². The second kappa shape index (κ2) is 28.5. The predicted octanol–water partition coefficient (Wildman–Crippen LogP) is 12.2. The van der Waals surface area contributed by atoms with Gasteiger partial charge in [0.1, 0.15) is 50.3 Å². The summed E-state index contributed by atoms with van der Waals surface area (Å²) in [7, 11) is 5.37. The van der Waals surface area contributed by atoms with Crippen LogP contribution in [-0.2, 0) is 0 Å². The molecule has 9 N–H and O–H groups in total. The molecule has 17 heteroatoms. The Labute approximate surface area is 419 Å². The van der Waals surface area contributed by atoms with Gasteiger partial charge >= 0.3 is 0 Å². The predicted molar refractivity (Wildman–Crippen MR) is 293 cm³/mol. The number of aliphatic hydroxyl groups is 1. The molecule has 0 aliphatic heterocycles. The van der Waals surface area contributed by atoms with Gasteiger partial charge in [-0.15, -0.1) is 34.0 Å².